The zero-order valence-electron chi connectivity index (χ0n) is 17.3. The number of para-hydroxylation sites is 1. The molecule has 4 amide bonds. The second-order valence-corrected chi connectivity index (χ2v) is 7.82. The molecule has 1 aromatic heterocycles. The summed E-state index contributed by atoms with van der Waals surface area (Å²) in [5.41, 5.74) is 4.42. The van der Waals surface area contributed by atoms with Gasteiger partial charge in [-0.15, -0.1) is 0 Å². The maximum Gasteiger partial charge on any atom is 0.335 e. The van der Waals surface area contributed by atoms with Crippen molar-refractivity contribution in [3.8, 4) is 5.69 Å². The first kappa shape index (κ1) is 20.6. The van der Waals surface area contributed by atoms with Crippen molar-refractivity contribution in [2.45, 2.75) is 20.8 Å². The number of carbonyl (C=O) groups excluding carboxylic acids is 3. The van der Waals surface area contributed by atoms with Gasteiger partial charge in [-0.1, -0.05) is 35.9 Å². The van der Waals surface area contributed by atoms with Crippen molar-refractivity contribution in [2.24, 2.45) is 0 Å². The SMILES string of the molecule is Cc1ccccc1N1C(=O)NC(=O)/C(=C\c2cc(C)n(-c3cccc(Cl)c3)c2C)C1=O. The van der Waals surface area contributed by atoms with E-state index in [9.17, 15) is 14.4 Å². The van der Waals surface area contributed by atoms with E-state index in [-0.39, 0.29) is 5.57 Å². The van der Waals surface area contributed by atoms with Crippen molar-refractivity contribution in [2.75, 3.05) is 4.90 Å². The van der Waals surface area contributed by atoms with E-state index in [1.54, 1.807) is 31.2 Å². The number of urea groups is 1. The summed E-state index contributed by atoms with van der Waals surface area (Å²) in [5.74, 6) is -1.37. The summed E-state index contributed by atoms with van der Waals surface area (Å²) in [4.78, 5) is 39.1. The number of anilines is 1. The third-order valence-corrected chi connectivity index (χ3v) is 5.53. The highest BCUT2D eigenvalue weighted by Gasteiger charge is 2.37. The molecule has 1 N–H and O–H groups in total. The Morgan fingerprint density at radius 2 is 1.68 bits per heavy atom. The Hall–Kier alpha value is -3.64. The van der Waals surface area contributed by atoms with Crippen LogP contribution in [0.15, 0.2) is 60.2 Å². The number of benzene rings is 2. The largest absolute Gasteiger partial charge is 0.335 e. The number of barbiturate groups is 1. The third kappa shape index (κ3) is 3.66. The molecule has 1 aliphatic heterocycles. The molecule has 31 heavy (non-hydrogen) atoms. The van der Waals surface area contributed by atoms with Gasteiger partial charge in [0, 0.05) is 22.1 Å². The summed E-state index contributed by atoms with van der Waals surface area (Å²) in [6.45, 7) is 5.63. The minimum Gasteiger partial charge on any atom is -0.318 e. The average Bonchev–Trinajstić information content (AvgIpc) is 2.99. The fourth-order valence-electron chi connectivity index (χ4n) is 3.79. The summed E-state index contributed by atoms with van der Waals surface area (Å²) in [6, 6.07) is 15.6. The average molecular weight is 434 g/mol. The Kier molecular flexibility index (Phi) is 5.25. The Labute approximate surface area is 184 Å². The summed E-state index contributed by atoms with van der Waals surface area (Å²) >= 11 is 6.14. The van der Waals surface area contributed by atoms with E-state index in [0.29, 0.717) is 16.3 Å². The van der Waals surface area contributed by atoms with Crippen molar-refractivity contribution >= 4 is 41.2 Å². The van der Waals surface area contributed by atoms with Gasteiger partial charge in [0.2, 0.25) is 0 Å². The molecule has 1 fully saturated rings. The molecule has 3 aromatic rings. The minimum absolute atomic E-state index is 0.103. The number of imide groups is 2. The molecule has 6 nitrogen and oxygen atoms in total. The summed E-state index contributed by atoms with van der Waals surface area (Å²) in [5, 5.41) is 2.88. The molecule has 2 heterocycles. The van der Waals surface area contributed by atoms with Crippen LogP contribution in [0.3, 0.4) is 0 Å². The highest BCUT2D eigenvalue weighted by Crippen LogP contribution is 2.28. The number of aryl methyl sites for hydroxylation is 2. The number of nitrogens with one attached hydrogen (secondary N) is 1. The van der Waals surface area contributed by atoms with Crippen molar-refractivity contribution in [3.05, 3.63) is 87.7 Å². The smallest absolute Gasteiger partial charge is 0.318 e. The van der Waals surface area contributed by atoms with E-state index < -0.39 is 17.8 Å². The normalized spacial score (nSPS) is 15.5. The molecule has 7 heteroatoms. The molecule has 0 radical (unpaired) electrons. The summed E-state index contributed by atoms with van der Waals surface area (Å²) < 4.78 is 1.99. The molecule has 4 rings (SSSR count). The summed E-state index contributed by atoms with van der Waals surface area (Å²) in [6.07, 6.45) is 1.53. The molecule has 1 aliphatic rings. The second-order valence-electron chi connectivity index (χ2n) is 7.39. The topological polar surface area (TPSA) is 71.4 Å². The lowest BCUT2D eigenvalue weighted by atomic mass is 10.1. The van der Waals surface area contributed by atoms with Crippen LogP contribution in [0.5, 0.6) is 0 Å². The highest BCUT2D eigenvalue weighted by molar-refractivity contribution is 6.39. The monoisotopic (exact) mass is 433 g/mol. The third-order valence-electron chi connectivity index (χ3n) is 5.29. The van der Waals surface area contributed by atoms with Gasteiger partial charge in [-0.05, 0) is 68.3 Å². The number of hydrogen-bond acceptors (Lipinski definition) is 3. The van der Waals surface area contributed by atoms with Gasteiger partial charge in [0.1, 0.15) is 5.57 Å². The van der Waals surface area contributed by atoms with Gasteiger partial charge in [0.15, 0.2) is 0 Å². The Bertz CT molecular complexity index is 1270. The number of carbonyl (C=O) groups is 3. The van der Waals surface area contributed by atoms with Gasteiger partial charge in [0.05, 0.1) is 5.69 Å². The molecule has 0 unspecified atom stereocenters. The molecule has 0 bridgehead atoms. The van der Waals surface area contributed by atoms with Crippen LogP contribution in [0.4, 0.5) is 10.5 Å². The highest BCUT2D eigenvalue weighted by atomic mass is 35.5. The zero-order chi connectivity index (χ0) is 22.3. The first-order valence-electron chi connectivity index (χ1n) is 9.70. The zero-order valence-corrected chi connectivity index (χ0v) is 18.0. The van der Waals surface area contributed by atoms with Gasteiger partial charge in [0.25, 0.3) is 11.8 Å². The summed E-state index contributed by atoms with van der Waals surface area (Å²) in [7, 11) is 0. The molecule has 0 saturated carbocycles. The van der Waals surface area contributed by atoms with Crippen molar-refractivity contribution in [3.63, 3.8) is 0 Å². The number of aromatic nitrogens is 1. The van der Waals surface area contributed by atoms with E-state index in [2.05, 4.69) is 5.32 Å². The minimum atomic E-state index is -0.758. The van der Waals surface area contributed by atoms with E-state index >= 15 is 0 Å². The van der Waals surface area contributed by atoms with Crippen LogP contribution in [-0.2, 0) is 9.59 Å². The van der Waals surface area contributed by atoms with Crippen LogP contribution in [0.25, 0.3) is 11.8 Å². The number of amides is 4. The molecule has 0 spiro atoms. The maximum absolute atomic E-state index is 13.2. The van der Waals surface area contributed by atoms with Crippen LogP contribution in [0.1, 0.15) is 22.5 Å². The van der Waals surface area contributed by atoms with Crippen LogP contribution >= 0.6 is 11.6 Å². The molecule has 2 aromatic carbocycles. The number of rotatable bonds is 3. The maximum atomic E-state index is 13.2. The van der Waals surface area contributed by atoms with Crippen molar-refractivity contribution in [1.82, 2.24) is 9.88 Å². The molecule has 0 atom stereocenters. The van der Waals surface area contributed by atoms with Gasteiger partial charge in [-0.2, -0.15) is 0 Å². The molecular weight excluding hydrogens is 414 g/mol. The van der Waals surface area contributed by atoms with Crippen LogP contribution in [0.2, 0.25) is 5.02 Å². The van der Waals surface area contributed by atoms with Gasteiger partial charge >= 0.3 is 6.03 Å². The Morgan fingerprint density at radius 1 is 0.935 bits per heavy atom. The van der Waals surface area contributed by atoms with E-state index in [4.69, 9.17) is 11.6 Å². The van der Waals surface area contributed by atoms with Crippen LogP contribution in [-0.4, -0.2) is 22.4 Å². The first-order valence-corrected chi connectivity index (χ1v) is 10.1. The molecule has 0 aliphatic carbocycles. The van der Waals surface area contributed by atoms with Gasteiger partial charge in [-0.3, -0.25) is 14.9 Å². The first-order chi connectivity index (χ1) is 14.8. The van der Waals surface area contributed by atoms with Crippen LogP contribution in [0, 0.1) is 20.8 Å². The van der Waals surface area contributed by atoms with E-state index in [0.717, 1.165) is 27.5 Å². The van der Waals surface area contributed by atoms with Crippen LogP contribution < -0.4 is 10.2 Å². The lowest BCUT2D eigenvalue weighted by Crippen LogP contribution is -2.54. The quantitative estimate of drug-likeness (QED) is 0.479. The van der Waals surface area contributed by atoms with Gasteiger partial charge < -0.3 is 4.57 Å². The molecule has 156 valence electrons. The predicted molar refractivity (Wildman–Crippen MR) is 120 cm³/mol. The molecule has 1 saturated heterocycles. The van der Waals surface area contributed by atoms with Crippen molar-refractivity contribution < 1.29 is 14.4 Å². The van der Waals surface area contributed by atoms with E-state index in [1.807, 2.05) is 48.7 Å². The standard InChI is InChI=1S/C24H20ClN3O3/c1-14-7-4-5-10-21(14)28-23(30)20(22(29)26-24(28)31)12-17-11-15(2)27(16(17)3)19-9-6-8-18(25)13-19/h4-13H,1-3H3,(H,26,29,31)/b20-12+. The fraction of sp³-hybridized carbons (Fsp3) is 0.125. The number of nitrogens with zero attached hydrogens (tertiary/aromatic N) is 2. The van der Waals surface area contributed by atoms with Crippen molar-refractivity contribution in [1.29, 1.82) is 0 Å². The Balaban J connectivity index is 1.79. The fourth-order valence-corrected chi connectivity index (χ4v) is 3.98. The predicted octanol–water partition coefficient (Wildman–Crippen LogP) is 4.72. The number of hydrogen-bond donors (Lipinski definition) is 1. The van der Waals surface area contributed by atoms with Gasteiger partial charge in [-0.25, -0.2) is 9.69 Å². The lowest BCUT2D eigenvalue weighted by molar-refractivity contribution is -0.122. The number of halogens is 1. The molecular formula is C24H20ClN3O3. The second kappa shape index (κ2) is 7.89. The van der Waals surface area contributed by atoms with E-state index in [1.165, 1.54) is 6.08 Å². The Morgan fingerprint density at radius 3 is 2.39 bits per heavy atom. The lowest BCUT2D eigenvalue weighted by Gasteiger charge is -2.27.